The molecule has 13 heavy (non-hydrogen) atoms. The van der Waals surface area contributed by atoms with Gasteiger partial charge in [-0.05, 0) is 32.0 Å². The van der Waals surface area contributed by atoms with E-state index in [0.717, 1.165) is 22.2 Å². The van der Waals surface area contributed by atoms with E-state index >= 15 is 0 Å². The van der Waals surface area contributed by atoms with E-state index in [1.807, 2.05) is 25.1 Å². The molecule has 0 atom stereocenters. The van der Waals surface area contributed by atoms with E-state index in [1.165, 1.54) is 0 Å². The molecule has 2 heteroatoms. The molecule has 1 heterocycles. The van der Waals surface area contributed by atoms with Crippen molar-refractivity contribution in [1.29, 1.82) is 0 Å². The second-order valence-electron chi connectivity index (χ2n) is 3.15. The lowest BCUT2D eigenvalue weighted by Crippen LogP contribution is -1.92. The normalized spacial score (nSPS) is 10.6. The van der Waals surface area contributed by atoms with Crippen molar-refractivity contribution in [3.05, 3.63) is 35.5 Å². The van der Waals surface area contributed by atoms with Crippen LogP contribution in [-0.4, -0.2) is 10.8 Å². The van der Waals surface area contributed by atoms with E-state index in [4.69, 9.17) is 0 Å². The zero-order chi connectivity index (χ0) is 9.42. The fourth-order valence-corrected chi connectivity index (χ4v) is 1.67. The quantitative estimate of drug-likeness (QED) is 0.658. The first-order valence-corrected chi connectivity index (χ1v) is 4.19. The summed E-state index contributed by atoms with van der Waals surface area (Å²) in [7, 11) is 0. The zero-order valence-electron chi connectivity index (χ0n) is 7.64. The second-order valence-corrected chi connectivity index (χ2v) is 3.15. The molecule has 0 saturated heterocycles. The summed E-state index contributed by atoms with van der Waals surface area (Å²) in [4.78, 5) is 14.5. The number of aromatic amines is 1. The van der Waals surface area contributed by atoms with E-state index in [0.29, 0.717) is 0 Å². The highest BCUT2D eigenvalue weighted by Gasteiger charge is 2.10. The van der Waals surface area contributed by atoms with Gasteiger partial charge in [0.2, 0.25) is 0 Å². The van der Waals surface area contributed by atoms with Crippen LogP contribution in [-0.2, 0) is 0 Å². The lowest BCUT2D eigenvalue weighted by Gasteiger charge is -1.92. The first-order valence-electron chi connectivity index (χ1n) is 4.19. The van der Waals surface area contributed by atoms with Crippen LogP contribution in [0, 0.1) is 13.0 Å². The molecule has 0 aliphatic carbocycles. The van der Waals surface area contributed by atoms with Crippen LogP contribution in [0.3, 0.4) is 0 Å². The van der Waals surface area contributed by atoms with Crippen molar-refractivity contribution in [2.75, 3.05) is 0 Å². The molecule has 65 valence electrons. The lowest BCUT2D eigenvalue weighted by atomic mass is 10.1. The van der Waals surface area contributed by atoms with Gasteiger partial charge < -0.3 is 4.98 Å². The zero-order valence-corrected chi connectivity index (χ0v) is 7.64. The summed E-state index contributed by atoms with van der Waals surface area (Å²) in [6, 6.07) is 8.58. The number of hydrogen-bond acceptors (Lipinski definition) is 1. The number of carbonyl (C=O) groups is 1. The second kappa shape index (κ2) is 2.73. The largest absolute Gasteiger partial charge is 0.358 e. The molecule has 0 unspecified atom stereocenters. The number of Topliss-reactive ketones (excluding diaryl/α,β-unsaturated/α-hetero) is 1. The van der Waals surface area contributed by atoms with Crippen LogP contribution in [0.15, 0.2) is 18.2 Å². The Morgan fingerprint density at radius 1 is 1.54 bits per heavy atom. The Morgan fingerprint density at radius 3 is 3.00 bits per heavy atom. The van der Waals surface area contributed by atoms with Crippen molar-refractivity contribution in [1.82, 2.24) is 4.98 Å². The van der Waals surface area contributed by atoms with Crippen molar-refractivity contribution >= 4 is 16.7 Å². The molecule has 1 aromatic carbocycles. The van der Waals surface area contributed by atoms with Gasteiger partial charge in [-0.1, -0.05) is 6.07 Å². The fourth-order valence-electron chi connectivity index (χ4n) is 1.67. The van der Waals surface area contributed by atoms with Gasteiger partial charge in [0.1, 0.15) is 0 Å². The molecule has 1 radical (unpaired) electrons. The molecule has 0 spiro atoms. The van der Waals surface area contributed by atoms with E-state index in [1.54, 1.807) is 6.92 Å². The Bertz CT molecular complexity index is 468. The Balaban J connectivity index is 2.86. The first kappa shape index (κ1) is 8.05. The summed E-state index contributed by atoms with van der Waals surface area (Å²) in [6.45, 7) is 3.50. The molecule has 0 aliphatic rings. The molecule has 2 aromatic rings. The topological polar surface area (TPSA) is 32.9 Å². The molecule has 0 aliphatic heterocycles. The summed E-state index contributed by atoms with van der Waals surface area (Å²) in [5, 5.41) is 0.965. The minimum atomic E-state index is 0.100. The van der Waals surface area contributed by atoms with E-state index in [9.17, 15) is 4.79 Å². The van der Waals surface area contributed by atoms with Gasteiger partial charge in [0.05, 0.1) is 0 Å². The number of fused-ring (bicyclic) bond motifs is 1. The van der Waals surface area contributed by atoms with Gasteiger partial charge in [-0.25, -0.2) is 0 Å². The highest BCUT2D eigenvalue weighted by Crippen LogP contribution is 2.21. The number of rotatable bonds is 1. The number of ketones is 1. The smallest absolute Gasteiger partial charge is 0.162 e. The van der Waals surface area contributed by atoms with Crippen LogP contribution in [0.1, 0.15) is 23.0 Å². The summed E-state index contributed by atoms with van der Waals surface area (Å²) < 4.78 is 0. The van der Waals surface area contributed by atoms with E-state index < -0.39 is 0 Å². The van der Waals surface area contributed by atoms with Crippen LogP contribution in [0.5, 0.6) is 0 Å². The maximum atomic E-state index is 11.3. The average Bonchev–Trinajstić information content (AvgIpc) is 2.39. The number of hydrogen-bond donors (Lipinski definition) is 1. The first-order chi connectivity index (χ1) is 6.20. The average molecular weight is 172 g/mol. The molecule has 0 saturated carbocycles. The fraction of sp³-hybridized carbons (Fsp3) is 0.182. The third-order valence-electron chi connectivity index (χ3n) is 2.18. The summed E-state index contributed by atoms with van der Waals surface area (Å²) in [6.07, 6.45) is 0. The molecule has 0 bridgehead atoms. The van der Waals surface area contributed by atoms with Gasteiger partial charge in [-0.3, -0.25) is 4.79 Å². The molecule has 2 rings (SSSR count). The van der Waals surface area contributed by atoms with Crippen molar-refractivity contribution in [2.24, 2.45) is 0 Å². The van der Waals surface area contributed by atoms with Crippen LogP contribution < -0.4 is 0 Å². The predicted molar refractivity (Wildman–Crippen MR) is 51.9 cm³/mol. The molecule has 0 fully saturated rings. The minimum Gasteiger partial charge on any atom is -0.358 e. The van der Waals surface area contributed by atoms with Crippen molar-refractivity contribution in [2.45, 2.75) is 13.8 Å². The molecule has 1 N–H and O–H groups in total. The maximum absolute atomic E-state index is 11.3. The molecular formula is C11H10NO. The van der Waals surface area contributed by atoms with E-state index in [2.05, 4.69) is 11.1 Å². The van der Waals surface area contributed by atoms with Gasteiger partial charge in [-0.2, -0.15) is 0 Å². The summed E-state index contributed by atoms with van der Waals surface area (Å²) in [5.74, 6) is 0.100. The van der Waals surface area contributed by atoms with Gasteiger partial charge in [-0.15, -0.1) is 0 Å². The SMILES string of the molecule is CC(=O)c1c(C)[nH]c2cc[c]cc12. The van der Waals surface area contributed by atoms with Gasteiger partial charge in [0.25, 0.3) is 0 Å². The molecule has 2 nitrogen and oxygen atoms in total. The summed E-state index contributed by atoms with van der Waals surface area (Å²) in [5.41, 5.74) is 2.72. The maximum Gasteiger partial charge on any atom is 0.162 e. The minimum absolute atomic E-state index is 0.100. The number of aryl methyl sites for hydroxylation is 1. The number of aromatic nitrogens is 1. The van der Waals surface area contributed by atoms with Crippen LogP contribution in [0.4, 0.5) is 0 Å². The number of carbonyl (C=O) groups excluding carboxylic acids is 1. The Morgan fingerprint density at radius 2 is 2.31 bits per heavy atom. The van der Waals surface area contributed by atoms with Gasteiger partial charge >= 0.3 is 0 Å². The molecular weight excluding hydrogens is 162 g/mol. The molecule has 0 amide bonds. The monoisotopic (exact) mass is 172 g/mol. The number of benzene rings is 1. The standard InChI is InChI=1S/C11H10NO/c1-7-11(8(2)13)9-5-3-4-6-10(9)12-7/h4-6,12H,1-2H3. The van der Waals surface area contributed by atoms with Crippen LogP contribution >= 0.6 is 0 Å². The van der Waals surface area contributed by atoms with Gasteiger partial charge in [0.15, 0.2) is 5.78 Å². The van der Waals surface area contributed by atoms with Crippen molar-refractivity contribution < 1.29 is 4.79 Å². The third-order valence-corrected chi connectivity index (χ3v) is 2.18. The summed E-state index contributed by atoms with van der Waals surface area (Å²) >= 11 is 0. The molecule has 1 aromatic heterocycles. The third kappa shape index (κ3) is 1.15. The Kier molecular flexibility index (Phi) is 1.69. The Hall–Kier alpha value is -1.57. The van der Waals surface area contributed by atoms with E-state index in [-0.39, 0.29) is 5.78 Å². The lowest BCUT2D eigenvalue weighted by molar-refractivity contribution is 0.101. The predicted octanol–water partition coefficient (Wildman–Crippen LogP) is 2.48. The number of nitrogens with one attached hydrogen (secondary N) is 1. The van der Waals surface area contributed by atoms with Crippen LogP contribution in [0.2, 0.25) is 0 Å². The van der Waals surface area contributed by atoms with Crippen molar-refractivity contribution in [3.63, 3.8) is 0 Å². The highest BCUT2D eigenvalue weighted by molar-refractivity contribution is 6.07. The van der Waals surface area contributed by atoms with Crippen molar-refractivity contribution in [3.8, 4) is 0 Å². The van der Waals surface area contributed by atoms with Crippen LogP contribution in [0.25, 0.3) is 10.9 Å². The Labute approximate surface area is 76.6 Å². The van der Waals surface area contributed by atoms with Gasteiger partial charge in [0, 0.05) is 22.2 Å². The highest BCUT2D eigenvalue weighted by atomic mass is 16.1. The number of H-pyrrole nitrogens is 1.